The minimum absolute atomic E-state index is 0.0681. The molecule has 0 radical (unpaired) electrons. The first kappa shape index (κ1) is 26.5. The number of hydrogen-bond donors (Lipinski definition) is 0. The number of nitrogens with zero attached hydrogens (tertiary/aromatic N) is 3. The van der Waals surface area contributed by atoms with Crippen LogP contribution in [0, 0.1) is 10.1 Å². The van der Waals surface area contributed by atoms with Crippen molar-refractivity contribution in [2.45, 2.75) is 19.9 Å². The van der Waals surface area contributed by atoms with Crippen molar-refractivity contribution < 1.29 is 28.4 Å². The van der Waals surface area contributed by atoms with Crippen molar-refractivity contribution in [2.75, 3.05) is 7.11 Å². The average Bonchev–Trinajstić information content (AvgIpc) is 3.52. The third-order valence-electron chi connectivity index (χ3n) is 6.13. The maximum atomic E-state index is 13.7. The fourth-order valence-electron chi connectivity index (χ4n) is 4.38. The van der Waals surface area contributed by atoms with Crippen molar-refractivity contribution in [2.24, 2.45) is 4.99 Å². The molecule has 40 heavy (non-hydrogen) atoms. The number of esters is 2. The first-order chi connectivity index (χ1) is 19.2. The number of nitro groups is 1. The fraction of sp³-hybridized carbons (Fsp3) is 0.143. The number of ether oxygens (including phenoxy) is 2. The van der Waals surface area contributed by atoms with Gasteiger partial charge < -0.3 is 13.9 Å². The summed E-state index contributed by atoms with van der Waals surface area (Å²) in [6.07, 6.45) is 1.56. The molecule has 2 aromatic heterocycles. The van der Waals surface area contributed by atoms with E-state index >= 15 is 0 Å². The van der Waals surface area contributed by atoms with Gasteiger partial charge in [0, 0.05) is 30.7 Å². The van der Waals surface area contributed by atoms with Gasteiger partial charge in [0.05, 0.1) is 33.9 Å². The lowest BCUT2D eigenvalue weighted by Crippen LogP contribution is -2.39. The molecule has 4 aromatic rings. The van der Waals surface area contributed by atoms with E-state index in [1.54, 1.807) is 61.5 Å². The number of non-ortho nitro benzene ring substituents is 1. The lowest BCUT2D eigenvalue weighted by molar-refractivity contribution is -0.384. The first-order valence-electron chi connectivity index (χ1n) is 11.9. The highest BCUT2D eigenvalue weighted by Gasteiger charge is 2.33. The van der Waals surface area contributed by atoms with Crippen LogP contribution in [0.25, 0.3) is 17.4 Å². The molecular weight excluding hydrogens is 538 g/mol. The Labute approximate surface area is 230 Å². The summed E-state index contributed by atoms with van der Waals surface area (Å²) < 4.78 is 17.7. The lowest BCUT2D eigenvalue weighted by Gasteiger charge is -2.24. The molecule has 2 aromatic carbocycles. The quantitative estimate of drug-likeness (QED) is 0.151. The van der Waals surface area contributed by atoms with Gasteiger partial charge in [0.1, 0.15) is 17.3 Å². The monoisotopic (exact) mass is 559 g/mol. The predicted molar refractivity (Wildman–Crippen MR) is 144 cm³/mol. The van der Waals surface area contributed by atoms with Crippen molar-refractivity contribution in [3.05, 3.63) is 113 Å². The van der Waals surface area contributed by atoms with Gasteiger partial charge in [0.2, 0.25) is 0 Å². The van der Waals surface area contributed by atoms with E-state index in [2.05, 4.69) is 4.99 Å². The molecule has 5 rings (SSSR count). The molecule has 0 saturated carbocycles. The second kappa shape index (κ2) is 10.6. The van der Waals surface area contributed by atoms with Crippen LogP contribution in [-0.4, -0.2) is 28.5 Å². The Morgan fingerprint density at radius 1 is 1.15 bits per heavy atom. The van der Waals surface area contributed by atoms with E-state index in [9.17, 15) is 24.5 Å². The van der Waals surface area contributed by atoms with E-state index in [0.29, 0.717) is 43.4 Å². The zero-order valence-electron chi connectivity index (χ0n) is 21.4. The zero-order chi connectivity index (χ0) is 28.6. The molecule has 11 nitrogen and oxygen atoms in total. The number of nitro benzene ring substituents is 1. The molecule has 0 unspecified atom stereocenters. The second-order valence-corrected chi connectivity index (χ2v) is 9.75. The molecule has 0 aliphatic carbocycles. The number of carbonyl (C=O) groups excluding carboxylic acids is 2. The number of carbonyl (C=O) groups is 2. The number of methoxy groups -OCH3 is 1. The SMILES string of the molecule is COC(=O)C1=C(C)N=c2s/c(=C/c3ccc(-c4cccc([N+](=O)[O-])c4)o3)c(=O)n2[C@H]1c1ccc(OC(C)=O)cc1. The predicted octanol–water partition coefficient (Wildman–Crippen LogP) is 3.50. The van der Waals surface area contributed by atoms with Crippen LogP contribution in [-0.2, 0) is 14.3 Å². The number of thiazole rings is 1. The highest BCUT2D eigenvalue weighted by Crippen LogP contribution is 2.32. The van der Waals surface area contributed by atoms with Crippen LogP contribution in [0.4, 0.5) is 5.69 Å². The molecule has 3 heterocycles. The summed E-state index contributed by atoms with van der Waals surface area (Å²) in [5, 5.41) is 11.1. The third-order valence-corrected chi connectivity index (χ3v) is 7.11. The average molecular weight is 560 g/mol. The summed E-state index contributed by atoms with van der Waals surface area (Å²) in [5.74, 6) is -0.0212. The van der Waals surface area contributed by atoms with Gasteiger partial charge in [-0.2, -0.15) is 0 Å². The molecule has 1 aliphatic rings. The van der Waals surface area contributed by atoms with Gasteiger partial charge in [-0.1, -0.05) is 35.6 Å². The van der Waals surface area contributed by atoms with E-state index < -0.39 is 28.5 Å². The van der Waals surface area contributed by atoms with Crippen molar-refractivity contribution >= 4 is 35.0 Å². The van der Waals surface area contributed by atoms with E-state index in [4.69, 9.17) is 13.9 Å². The molecule has 1 atom stereocenters. The van der Waals surface area contributed by atoms with Gasteiger partial charge in [0.25, 0.3) is 11.2 Å². The topological polar surface area (TPSA) is 143 Å². The van der Waals surface area contributed by atoms with Crippen LogP contribution >= 0.6 is 11.3 Å². The standard InChI is InChI=1S/C28H21N3O8S/c1-15-24(27(34)37-3)25(17-7-9-20(10-8-17)38-16(2)32)30-26(33)23(40-28(30)29-15)14-21-11-12-22(39-21)18-5-4-6-19(13-18)31(35)36/h4-14,25H,1-3H3/b23-14+/t25-/m0/s1. The van der Waals surface area contributed by atoms with E-state index in [0.717, 1.165) is 11.3 Å². The smallest absolute Gasteiger partial charge is 0.338 e. The zero-order valence-corrected chi connectivity index (χ0v) is 22.3. The Balaban J connectivity index is 1.60. The van der Waals surface area contributed by atoms with Crippen LogP contribution in [0.3, 0.4) is 0 Å². The number of rotatable bonds is 6. The molecule has 0 amide bonds. The normalized spacial score (nSPS) is 14.9. The molecule has 1 aliphatic heterocycles. The van der Waals surface area contributed by atoms with E-state index in [1.165, 1.54) is 30.7 Å². The van der Waals surface area contributed by atoms with Crippen LogP contribution < -0.4 is 19.6 Å². The van der Waals surface area contributed by atoms with Crippen LogP contribution in [0.2, 0.25) is 0 Å². The van der Waals surface area contributed by atoms with Gasteiger partial charge >= 0.3 is 11.9 Å². The van der Waals surface area contributed by atoms with Crippen molar-refractivity contribution in [1.82, 2.24) is 4.57 Å². The summed E-state index contributed by atoms with van der Waals surface area (Å²) in [4.78, 5) is 53.4. The molecule has 202 valence electrons. The molecule has 0 N–H and O–H groups in total. The Kier molecular flexibility index (Phi) is 7.01. The number of aromatic nitrogens is 1. The maximum Gasteiger partial charge on any atom is 0.338 e. The first-order valence-corrected chi connectivity index (χ1v) is 12.7. The second-order valence-electron chi connectivity index (χ2n) is 8.75. The summed E-state index contributed by atoms with van der Waals surface area (Å²) >= 11 is 1.13. The minimum Gasteiger partial charge on any atom is -0.466 e. The van der Waals surface area contributed by atoms with Crippen molar-refractivity contribution in [3.63, 3.8) is 0 Å². The summed E-state index contributed by atoms with van der Waals surface area (Å²) in [5.41, 5.74) is 1.24. The van der Waals surface area contributed by atoms with Gasteiger partial charge in [0.15, 0.2) is 4.80 Å². The molecule has 0 bridgehead atoms. The number of hydrogen-bond acceptors (Lipinski definition) is 10. The lowest BCUT2D eigenvalue weighted by atomic mass is 9.96. The minimum atomic E-state index is -0.839. The summed E-state index contributed by atoms with van der Waals surface area (Å²) in [6, 6.07) is 15.0. The summed E-state index contributed by atoms with van der Waals surface area (Å²) in [7, 11) is 1.25. The van der Waals surface area contributed by atoms with Crippen molar-refractivity contribution in [1.29, 1.82) is 0 Å². The highest BCUT2D eigenvalue weighted by molar-refractivity contribution is 7.07. The highest BCUT2D eigenvalue weighted by atomic mass is 32.1. The Morgan fingerprint density at radius 3 is 2.58 bits per heavy atom. The fourth-order valence-corrected chi connectivity index (χ4v) is 5.41. The Morgan fingerprint density at radius 2 is 1.90 bits per heavy atom. The van der Waals surface area contributed by atoms with E-state index in [-0.39, 0.29) is 11.3 Å². The number of allylic oxidation sites excluding steroid dienone is 1. The maximum absolute atomic E-state index is 13.7. The molecule has 0 saturated heterocycles. The largest absolute Gasteiger partial charge is 0.466 e. The van der Waals surface area contributed by atoms with Gasteiger partial charge in [-0.25, -0.2) is 9.79 Å². The Hall–Kier alpha value is -5.10. The molecule has 0 fully saturated rings. The van der Waals surface area contributed by atoms with Crippen molar-refractivity contribution in [3.8, 4) is 17.1 Å². The van der Waals surface area contributed by atoms with Gasteiger partial charge in [-0.3, -0.25) is 24.3 Å². The third kappa shape index (κ3) is 4.99. The molecule has 0 spiro atoms. The van der Waals surface area contributed by atoms with Gasteiger partial charge in [-0.05, 0) is 36.8 Å². The van der Waals surface area contributed by atoms with Crippen LogP contribution in [0.15, 0.2) is 86.1 Å². The van der Waals surface area contributed by atoms with Crippen LogP contribution in [0.5, 0.6) is 5.75 Å². The van der Waals surface area contributed by atoms with E-state index in [1.807, 2.05) is 0 Å². The Bertz CT molecular complexity index is 1880. The number of benzene rings is 2. The summed E-state index contributed by atoms with van der Waals surface area (Å²) in [6.45, 7) is 2.96. The molecule has 12 heteroatoms. The van der Waals surface area contributed by atoms with Gasteiger partial charge in [-0.15, -0.1) is 0 Å². The number of furan rings is 1. The van der Waals surface area contributed by atoms with Crippen LogP contribution in [0.1, 0.15) is 31.2 Å². The molecular formula is C28H21N3O8S. The number of fused-ring (bicyclic) bond motifs is 1.